The van der Waals surface area contributed by atoms with E-state index in [4.69, 9.17) is 0 Å². The Morgan fingerprint density at radius 1 is 1.21 bits per heavy atom. The van der Waals surface area contributed by atoms with Gasteiger partial charge in [-0.1, -0.05) is 6.07 Å². The fourth-order valence-electron chi connectivity index (χ4n) is 1.60. The summed E-state index contributed by atoms with van der Waals surface area (Å²) in [5, 5.41) is 2.95. The number of benzene rings is 1. The summed E-state index contributed by atoms with van der Waals surface area (Å²) in [6, 6.07) is 5.34. The molecule has 19 heavy (non-hydrogen) atoms. The molecule has 0 saturated carbocycles. The van der Waals surface area contributed by atoms with E-state index in [2.05, 4.69) is 15.3 Å². The van der Waals surface area contributed by atoms with Crippen molar-refractivity contribution in [1.29, 1.82) is 0 Å². The minimum atomic E-state index is -4.33. The molecule has 0 amide bonds. The molecule has 3 nitrogen and oxygen atoms in total. The van der Waals surface area contributed by atoms with E-state index in [9.17, 15) is 13.2 Å². The van der Waals surface area contributed by atoms with E-state index in [1.807, 2.05) is 0 Å². The van der Waals surface area contributed by atoms with Gasteiger partial charge in [0.05, 0.1) is 17.8 Å². The lowest BCUT2D eigenvalue weighted by Crippen LogP contribution is -2.08. The zero-order chi connectivity index (χ0) is 13.9. The smallest absolute Gasteiger partial charge is 0.379 e. The highest BCUT2D eigenvalue weighted by molar-refractivity contribution is 5.53. The first-order valence-electron chi connectivity index (χ1n) is 5.63. The third-order valence-corrected chi connectivity index (χ3v) is 2.67. The molecule has 0 atom stereocenters. The third-order valence-electron chi connectivity index (χ3n) is 2.67. The van der Waals surface area contributed by atoms with E-state index >= 15 is 0 Å². The molecule has 100 valence electrons. The van der Waals surface area contributed by atoms with Crippen LogP contribution in [-0.4, -0.2) is 9.97 Å². The van der Waals surface area contributed by atoms with Gasteiger partial charge in [-0.25, -0.2) is 9.97 Å². The van der Waals surface area contributed by atoms with Gasteiger partial charge >= 0.3 is 6.18 Å². The van der Waals surface area contributed by atoms with Gasteiger partial charge < -0.3 is 5.32 Å². The van der Waals surface area contributed by atoms with Gasteiger partial charge in [0.25, 0.3) is 0 Å². The number of hydrogen-bond acceptors (Lipinski definition) is 3. The van der Waals surface area contributed by atoms with E-state index in [-0.39, 0.29) is 0 Å². The molecular formula is C13H12F3N3. The lowest BCUT2D eigenvalue weighted by Gasteiger charge is -2.13. The summed E-state index contributed by atoms with van der Waals surface area (Å²) in [7, 11) is 0. The molecule has 0 bridgehead atoms. The minimum absolute atomic E-state index is 0.352. The summed E-state index contributed by atoms with van der Waals surface area (Å²) in [4.78, 5) is 7.78. The first-order valence-corrected chi connectivity index (χ1v) is 5.63. The number of nitrogens with one attached hydrogen (secondary N) is 1. The van der Waals surface area contributed by atoms with Gasteiger partial charge in [-0.15, -0.1) is 0 Å². The van der Waals surface area contributed by atoms with Gasteiger partial charge in [0.1, 0.15) is 6.33 Å². The van der Waals surface area contributed by atoms with Gasteiger partial charge in [0.15, 0.2) is 0 Å². The lowest BCUT2D eigenvalue weighted by molar-refractivity contribution is -0.137. The normalized spacial score (nSPS) is 11.4. The topological polar surface area (TPSA) is 37.8 Å². The summed E-state index contributed by atoms with van der Waals surface area (Å²) in [6.07, 6.45) is -1.35. The lowest BCUT2D eigenvalue weighted by atomic mass is 10.1. The van der Waals surface area contributed by atoms with Crippen molar-refractivity contribution < 1.29 is 13.2 Å². The van der Waals surface area contributed by atoms with Gasteiger partial charge in [0.2, 0.25) is 0 Å². The van der Waals surface area contributed by atoms with Crippen LogP contribution in [0.3, 0.4) is 0 Å². The average Bonchev–Trinajstić information content (AvgIpc) is 2.37. The van der Waals surface area contributed by atoms with Crippen molar-refractivity contribution in [2.75, 3.05) is 5.32 Å². The predicted molar refractivity (Wildman–Crippen MR) is 65.5 cm³/mol. The molecule has 1 heterocycles. The monoisotopic (exact) mass is 267 g/mol. The molecule has 0 radical (unpaired) electrons. The molecule has 0 aliphatic carbocycles. The van der Waals surface area contributed by atoms with Gasteiger partial charge in [-0.2, -0.15) is 13.2 Å². The Morgan fingerprint density at radius 3 is 2.63 bits per heavy atom. The molecule has 0 spiro atoms. The molecule has 0 aliphatic heterocycles. The maximum atomic E-state index is 12.6. The van der Waals surface area contributed by atoms with Crippen LogP contribution in [0.4, 0.5) is 18.9 Å². The Morgan fingerprint density at radius 2 is 2.00 bits per heavy atom. The summed E-state index contributed by atoms with van der Waals surface area (Å²) in [5.74, 6) is 0. The van der Waals surface area contributed by atoms with Crippen molar-refractivity contribution in [3.8, 4) is 0 Å². The zero-order valence-electron chi connectivity index (χ0n) is 10.2. The van der Waals surface area contributed by atoms with Crippen molar-refractivity contribution in [1.82, 2.24) is 9.97 Å². The minimum Gasteiger partial charge on any atom is -0.379 e. The molecule has 6 heteroatoms. The maximum absolute atomic E-state index is 12.6. The van der Waals surface area contributed by atoms with Crippen LogP contribution in [-0.2, 0) is 12.7 Å². The second-order valence-corrected chi connectivity index (χ2v) is 4.08. The second-order valence-electron chi connectivity index (χ2n) is 4.08. The van der Waals surface area contributed by atoms with Crippen LogP contribution in [0.5, 0.6) is 0 Å². The first kappa shape index (κ1) is 13.3. The summed E-state index contributed by atoms with van der Waals surface area (Å²) >= 11 is 0. The molecule has 1 aromatic heterocycles. The fourth-order valence-corrected chi connectivity index (χ4v) is 1.60. The van der Waals surface area contributed by atoms with Gasteiger partial charge in [0, 0.05) is 11.9 Å². The molecule has 0 fully saturated rings. The number of hydrogen-bond donors (Lipinski definition) is 1. The molecule has 0 unspecified atom stereocenters. The number of aromatic nitrogens is 2. The van der Waals surface area contributed by atoms with Crippen molar-refractivity contribution >= 4 is 5.69 Å². The van der Waals surface area contributed by atoms with Crippen LogP contribution < -0.4 is 5.32 Å². The molecule has 0 saturated heterocycles. The standard InChI is InChI=1S/C13H12F3N3/c1-9-2-3-10(13(14,15)16)6-12(9)18-7-11-4-5-17-8-19-11/h2-6,8,18H,7H2,1H3. The van der Waals surface area contributed by atoms with Crippen molar-refractivity contribution in [2.24, 2.45) is 0 Å². The van der Waals surface area contributed by atoms with Crippen molar-refractivity contribution in [3.63, 3.8) is 0 Å². The van der Waals surface area contributed by atoms with E-state index in [1.165, 1.54) is 12.4 Å². The fraction of sp³-hybridized carbons (Fsp3) is 0.231. The highest BCUT2D eigenvalue weighted by Crippen LogP contribution is 2.32. The van der Waals surface area contributed by atoms with Crippen molar-refractivity contribution in [3.05, 3.63) is 53.6 Å². The molecule has 1 aromatic carbocycles. The molecule has 2 aromatic rings. The van der Waals surface area contributed by atoms with E-state index < -0.39 is 11.7 Å². The number of halogens is 3. The molecule has 2 rings (SSSR count). The van der Waals surface area contributed by atoms with Crippen LogP contribution in [0.25, 0.3) is 0 Å². The van der Waals surface area contributed by atoms with Crippen LogP contribution in [0.15, 0.2) is 36.8 Å². The Labute approximate surface area is 108 Å². The maximum Gasteiger partial charge on any atom is 0.416 e. The first-order chi connectivity index (χ1) is 8.97. The van der Waals surface area contributed by atoms with E-state index in [0.29, 0.717) is 17.9 Å². The van der Waals surface area contributed by atoms with E-state index in [0.717, 1.165) is 17.7 Å². The van der Waals surface area contributed by atoms with Crippen LogP contribution in [0.1, 0.15) is 16.8 Å². The molecule has 0 aliphatic rings. The number of aryl methyl sites for hydroxylation is 1. The quantitative estimate of drug-likeness (QED) is 0.926. The number of alkyl halides is 3. The van der Waals surface area contributed by atoms with Crippen LogP contribution in [0, 0.1) is 6.92 Å². The Hall–Kier alpha value is -2.11. The van der Waals surface area contributed by atoms with Gasteiger partial charge in [-0.3, -0.25) is 0 Å². The molecular weight excluding hydrogens is 255 g/mol. The average molecular weight is 267 g/mol. The Bertz CT molecular complexity index is 553. The number of rotatable bonds is 3. The van der Waals surface area contributed by atoms with Crippen molar-refractivity contribution in [2.45, 2.75) is 19.6 Å². The highest BCUT2D eigenvalue weighted by atomic mass is 19.4. The van der Waals surface area contributed by atoms with Gasteiger partial charge in [-0.05, 0) is 30.7 Å². The summed E-state index contributed by atoms with van der Waals surface area (Å²) in [6.45, 7) is 2.10. The number of anilines is 1. The summed E-state index contributed by atoms with van der Waals surface area (Å²) in [5.41, 5.74) is 1.26. The number of nitrogens with zero attached hydrogens (tertiary/aromatic N) is 2. The Balaban J connectivity index is 2.16. The predicted octanol–water partition coefficient (Wildman–Crippen LogP) is 3.42. The Kier molecular flexibility index (Phi) is 3.69. The van der Waals surface area contributed by atoms with Crippen LogP contribution >= 0.6 is 0 Å². The zero-order valence-corrected chi connectivity index (χ0v) is 10.2. The largest absolute Gasteiger partial charge is 0.416 e. The second kappa shape index (κ2) is 5.26. The highest BCUT2D eigenvalue weighted by Gasteiger charge is 2.30. The SMILES string of the molecule is Cc1ccc(C(F)(F)F)cc1NCc1ccncn1. The van der Waals surface area contributed by atoms with Crippen LogP contribution in [0.2, 0.25) is 0 Å². The molecule has 1 N–H and O–H groups in total. The summed E-state index contributed by atoms with van der Waals surface area (Å²) < 4.78 is 37.8. The third kappa shape index (κ3) is 3.43. The van der Waals surface area contributed by atoms with E-state index in [1.54, 1.807) is 19.2 Å².